The Morgan fingerprint density at radius 1 is 1.30 bits per heavy atom. The van der Waals surface area contributed by atoms with Crippen LogP contribution >= 0.6 is 11.8 Å². The van der Waals surface area contributed by atoms with Gasteiger partial charge in [-0.1, -0.05) is 32.5 Å². The Balaban J connectivity index is 2.25. The van der Waals surface area contributed by atoms with E-state index >= 15 is 0 Å². The monoisotopic (exact) mass is 337 g/mol. The van der Waals surface area contributed by atoms with Crippen molar-refractivity contribution in [2.24, 2.45) is 5.92 Å². The lowest BCUT2D eigenvalue weighted by atomic mass is 10.1. The first-order valence-corrected chi connectivity index (χ1v) is 9.53. The zero-order valence-electron chi connectivity index (χ0n) is 14.6. The molecule has 0 aliphatic carbocycles. The Bertz CT molecular complexity index is 621. The lowest BCUT2D eigenvalue weighted by Crippen LogP contribution is -2.43. The van der Waals surface area contributed by atoms with E-state index in [1.807, 2.05) is 18.7 Å². The Morgan fingerprint density at radius 2 is 1.96 bits per heavy atom. The molecule has 23 heavy (non-hydrogen) atoms. The molecule has 1 unspecified atom stereocenters. The number of aryl methyl sites for hydroxylation is 1. The highest BCUT2D eigenvalue weighted by molar-refractivity contribution is 7.99. The average Bonchev–Trinajstić information content (AvgIpc) is 2.54. The minimum atomic E-state index is -0.127. The zero-order chi connectivity index (χ0) is 17.0. The molecular formula is C17H27N3O2S. The highest BCUT2D eigenvalue weighted by Gasteiger charge is 2.30. The standard InChI is InChI=1S/C17H27N3O2S/c1-5-8-19(9-6-2)15(21)13-10-20-16(22)14(7-3)12(4)18-17(20)23-11-13/h13H,5-11H2,1-4H3. The quantitative estimate of drug-likeness (QED) is 0.748. The van der Waals surface area contributed by atoms with Gasteiger partial charge in [0.15, 0.2) is 5.16 Å². The molecule has 1 aliphatic heterocycles. The first-order valence-electron chi connectivity index (χ1n) is 8.55. The van der Waals surface area contributed by atoms with Gasteiger partial charge in [-0.2, -0.15) is 0 Å². The van der Waals surface area contributed by atoms with Gasteiger partial charge in [-0.3, -0.25) is 14.2 Å². The van der Waals surface area contributed by atoms with E-state index in [1.165, 1.54) is 11.8 Å². The normalized spacial score (nSPS) is 17.0. The number of fused-ring (bicyclic) bond motifs is 1. The second-order valence-corrected chi connectivity index (χ2v) is 7.05. The highest BCUT2D eigenvalue weighted by atomic mass is 32.2. The zero-order valence-corrected chi connectivity index (χ0v) is 15.4. The van der Waals surface area contributed by atoms with Crippen molar-refractivity contribution in [1.29, 1.82) is 0 Å². The van der Waals surface area contributed by atoms with Gasteiger partial charge in [0.1, 0.15) is 0 Å². The third kappa shape index (κ3) is 3.79. The predicted molar refractivity (Wildman–Crippen MR) is 94.0 cm³/mol. The van der Waals surface area contributed by atoms with Crippen molar-refractivity contribution in [2.45, 2.75) is 58.7 Å². The van der Waals surface area contributed by atoms with Gasteiger partial charge in [-0.05, 0) is 26.2 Å². The van der Waals surface area contributed by atoms with Crippen LogP contribution in [0.3, 0.4) is 0 Å². The molecule has 1 aliphatic rings. The maximum absolute atomic E-state index is 12.8. The summed E-state index contributed by atoms with van der Waals surface area (Å²) in [4.78, 5) is 31.9. The summed E-state index contributed by atoms with van der Waals surface area (Å²) >= 11 is 1.53. The highest BCUT2D eigenvalue weighted by Crippen LogP contribution is 2.27. The number of aromatic nitrogens is 2. The van der Waals surface area contributed by atoms with Crippen LogP contribution in [0.25, 0.3) is 0 Å². The fourth-order valence-corrected chi connectivity index (χ4v) is 4.19. The lowest BCUT2D eigenvalue weighted by Gasteiger charge is -2.30. The molecule has 1 aromatic heterocycles. The molecule has 2 rings (SSSR count). The van der Waals surface area contributed by atoms with Gasteiger partial charge in [0.25, 0.3) is 5.56 Å². The molecule has 1 atom stereocenters. The van der Waals surface area contributed by atoms with Crippen LogP contribution < -0.4 is 5.56 Å². The van der Waals surface area contributed by atoms with Gasteiger partial charge in [-0.25, -0.2) is 4.98 Å². The molecule has 0 saturated heterocycles. The van der Waals surface area contributed by atoms with E-state index in [4.69, 9.17) is 0 Å². The first kappa shape index (κ1) is 18.0. The van der Waals surface area contributed by atoms with E-state index in [0.29, 0.717) is 18.7 Å². The van der Waals surface area contributed by atoms with E-state index in [1.54, 1.807) is 4.57 Å². The van der Waals surface area contributed by atoms with Crippen molar-refractivity contribution in [2.75, 3.05) is 18.8 Å². The Morgan fingerprint density at radius 3 is 2.52 bits per heavy atom. The summed E-state index contributed by atoms with van der Waals surface area (Å²) in [7, 11) is 0. The van der Waals surface area contributed by atoms with Gasteiger partial charge < -0.3 is 4.90 Å². The van der Waals surface area contributed by atoms with E-state index in [0.717, 1.165) is 42.3 Å². The fraction of sp³-hybridized carbons (Fsp3) is 0.706. The van der Waals surface area contributed by atoms with E-state index in [-0.39, 0.29) is 17.4 Å². The first-order chi connectivity index (χ1) is 11.0. The van der Waals surface area contributed by atoms with Crippen LogP contribution in [0.4, 0.5) is 0 Å². The summed E-state index contributed by atoms with van der Waals surface area (Å²) in [6.45, 7) is 10.1. The topological polar surface area (TPSA) is 55.2 Å². The second kappa shape index (κ2) is 7.99. The second-order valence-electron chi connectivity index (χ2n) is 6.06. The van der Waals surface area contributed by atoms with Crippen molar-refractivity contribution in [3.05, 3.63) is 21.6 Å². The molecule has 0 N–H and O–H groups in total. The largest absolute Gasteiger partial charge is 0.342 e. The van der Waals surface area contributed by atoms with Gasteiger partial charge in [0.2, 0.25) is 5.91 Å². The third-order valence-corrected chi connectivity index (χ3v) is 5.39. The Kier molecular flexibility index (Phi) is 6.27. The van der Waals surface area contributed by atoms with Crippen molar-refractivity contribution in [3.63, 3.8) is 0 Å². The molecule has 2 heterocycles. The number of rotatable bonds is 6. The van der Waals surface area contributed by atoms with E-state index in [9.17, 15) is 9.59 Å². The SMILES string of the molecule is CCCN(CCC)C(=O)C1CSc2nc(C)c(CC)c(=O)n2C1. The maximum Gasteiger partial charge on any atom is 0.257 e. The van der Waals surface area contributed by atoms with Crippen LogP contribution in [0.1, 0.15) is 44.9 Å². The number of carbonyl (C=O) groups excluding carboxylic acids is 1. The molecule has 0 spiro atoms. The molecule has 0 bridgehead atoms. The van der Waals surface area contributed by atoms with Crippen LogP contribution in [-0.4, -0.2) is 39.2 Å². The molecule has 5 nitrogen and oxygen atoms in total. The smallest absolute Gasteiger partial charge is 0.257 e. The molecule has 6 heteroatoms. The van der Waals surface area contributed by atoms with E-state index in [2.05, 4.69) is 18.8 Å². The van der Waals surface area contributed by atoms with Crippen LogP contribution in [0.5, 0.6) is 0 Å². The van der Waals surface area contributed by atoms with Crippen LogP contribution in [0.2, 0.25) is 0 Å². The maximum atomic E-state index is 12.8. The van der Waals surface area contributed by atoms with Crippen LogP contribution in [0.15, 0.2) is 9.95 Å². The number of amides is 1. The number of carbonyl (C=O) groups is 1. The predicted octanol–water partition coefficient (Wildman–Crippen LogP) is 2.48. The molecule has 0 aromatic carbocycles. The molecule has 1 aromatic rings. The minimum absolute atomic E-state index is 0.0255. The van der Waals surface area contributed by atoms with Gasteiger partial charge in [0.05, 0.1) is 5.92 Å². The van der Waals surface area contributed by atoms with Gasteiger partial charge in [-0.15, -0.1) is 0 Å². The van der Waals surface area contributed by atoms with Crippen molar-refractivity contribution in [1.82, 2.24) is 14.5 Å². The van der Waals surface area contributed by atoms with E-state index < -0.39 is 0 Å². The fourth-order valence-electron chi connectivity index (χ4n) is 3.08. The van der Waals surface area contributed by atoms with Gasteiger partial charge >= 0.3 is 0 Å². The van der Waals surface area contributed by atoms with Crippen molar-refractivity contribution < 1.29 is 4.79 Å². The Hall–Kier alpha value is -1.30. The van der Waals surface area contributed by atoms with Crippen LogP contribution in [0, 0.1) is 12.8 Å². The summed E-state index contributed by atoms with van der Waals surface area (Å²) in [6.07, 6.45) is 2.60. The summed E-state index contributed by atoms with van der Waals surface area (Å²) in [5.41, 5.74) is 1.61. The number of hydrogen-bond acceptors (Lipinski definition) is 4. The number of hydrogen-bond donors (Lipinski definition) is 0. The number of nitrogens with zero attached hydrogens (tertiary/aromatic N) is 3. The minimum Gasteiger partial charge on any atom is -0.342 e. The molecule has 1 amide bonds. The summed E-state index contributed by atoms with van der Waals surface area (Å²) in [5, 5.41) is 0.756. The van der Waals surface area contributed by atoms with Crippen molar-refractivity contribution >= 4 is 17.7 Å². The molecule has 0 saturated carbocycles. The Labute approximate surface area is 142 Å². The summed E-state index contributed by atoms with van der Waals surface area (Å²) in [6, 6.07) is 0. The molecule has 0 radical (unpaired) electrons. The third-order valence-electron chi connectivity index (χ3n) is 4.25. The summed E-state index contributed by atoms with van der Waals surface area (Å²) in [5.74, 6) is 0.759. The molecule has 0 fully saturated rings. The average molecular weight is 337 g/mol. The van der Waals surface area contributed by atoms with Crippen molar-refractivity contribution in [3.8, 4) is 0 Å². The van der Waals surface area contributed by atoms with Gasteiger partial charge in [0, 0.05) is 36.6 Å². The molecule has 128 valence electrons. The number of thioether (sulfide) groups is 1. The van der Waals surface area contributed by atoms with Crippen LogP contribution in [-0.2, 0) is 17.8 Å². The summed E-state index contributed by atoms with van der Waals surface area (Å²) < 4.78 is 1.71. The lowest BCUT2D eigenvalue weighted by molar-refractivity contribution is -0.135. The molecular weight excluding hydrogens is 310 g/mol.